The van der Waals surface area contributed by atoms with Gasteiger partial charge in [-0.05, 0) is 38.0 Å². The first kappa shape index (κ1) is 13.1. The molecule has 1 aliphatic rings. The highest BCUT2D eigenvalue weighted by Gasteiger charge is 2.23. The van der Waals surface area contributed by atoms with E-state index in [1.807, 2.05) is 4.90 Å². The Morgan fingerprint density at radius 3 is 2.72 bits per heavy atom. The zero-order chi connectivity index (χ0) is 13.1. The number of benzene rings is 1. The van der Waals surface area contributed by atoms with Crippen molar-refractivity contribution in [2.24, 2.45) is 0 Å². The molecule has 98 valence electrons. The molecule has 1 aliphatic heterocycles. The topological polar surface area (TPSA) is 32.3 Å². The first-order valence-electron chi connectivity index (χ1n) is 6.08. The average molecular weight is 271 g/mol. The quantitative estimate of drug-likeness (QED) is 0.916. The number of carbonyl (C=O) groups excluding carboxylic acids is 1. The number of hydrogen-bond donors (Lipinski definition) is 1. The van der Waals surface area contributed by atoms with Crippen LogP contribution in [-0.4, -0.2) is 29.9 Å². The van der Waals surface area contributed by atoms with Gasteiger partial charge in [-0.3, -0.25) is 4.79 Å². The summed E-state index contributed by atoms with van der Waals surface area (Å²) in [6.45, 7) is 3.42. The van der Waals surface area contributed by atoms with E-state index in [-0.39, 0.29) is 17.0 Å². The molecule has 0 spiro atoms. The molecule has 0 saturated carbocycles. The first-order chi connectivity index (χ1) is 8.58. The monoisotopic (exact) mass is 270 g/mol. The summed E-state index contributed by atoms with van der Waals surface area (Å²) in [5.74, 6) is -0.426. The fourth-order valence-corrected chi connectivity index (χ4v) is 2.23. The van der Waals surface area contributed by atoms with E-state index in [2.05, 4.69) is 5.32 Å². The molecule has 1 atom stereocenters. The molecule has 0 aromatic heterocycles. The Morgan fingerprint density at radius 2 is 2.11 bits per heavy atom. The van der Waals surface area contributed by atoms with Crippen LogP contribution in [0.2, 0.25) is 5.02 Å². The standard InChI is InChI=1S/C13H16ClFN2O/c1-9(13(18)17-6-2-3-7-17)16-10-4-5-11(14)12(15)8-10/h4-5,8-9,16H,2-3,6-7H2,1H3. The Hall–Kier alpha value is -1.29. The highest BCUT2D eigenvalue weighted by molar-refractivity contribution is 6.30. The third-order valence-corrected chi connectivity index (χ3v) is 3.40. The van der Waals surface area contributed by atoms with Gasteiger partial charge in [-0.15, -0.1) is 0 Å². The maximum atomic E-state index is 13.3. The molecule has 1 heterocycles. The Kier molecular flexibility index (Phi) is 4.07. The number of nitrogens with one attached hydrogen (secondary N) is 1. The van der Waals surface area contributed by atoms with Crippen LogP contribution >= 0.6 is 11.6 Å². The van der Waals surface area contributed by atoms with Crippen molar-refractivity contribution < 1.29 is 9.18 Å². The number of anilines is 1. The lowest BCUT2D eigenvalue weighted by molar-refractivity contribution is -0.130. The molecule has 5 heteroatoms. The van der Waals surface area contributed by atoms with E-state index in [1.165, 1.54) is 12.1 Å². The summed E-state index contributed by atoms with van der Waals surface area (Å²) >= 11 is 5.61. The number of rotatable bonds is 3. The number of likely N-dealkylation sites (tertiary alicyclic amines) is 1. The van der Waals surface area contributed by atoms with Crippen LogP contribution in [0.5, 0.6) is 0 Å². The number of hydrogen-bond acceptors (Lipinski definition) is 2. The molecule has 18 heavy (non-hydrogen) atoms. The summed E-state index contributed by atoms with van der Waals surface area (Å²) in [6, 6.07) is 4.09. The van der Waals surface area contributed by atoms with Gasteiger partial charge < -0.3 is 10.2 Å². The predicted octanol–water partition coefficient (Wildman–Crippen LogP) is 2.90. The van der Waals surface area contributed by atoms with Gasteiger partial charge in [0.05, 0.1) is 5.02 Å². The molecular weight excluding hydrogens is 255 g/mol. The van der Waals surface area contributed by atoms with Gasteiger partial charge in [-0.2, -0.15) is 0 Å². The number of nitrogens with zero attached hydrogens (tertiary/aromatic N) is 1. The zero-order valence-corrected chi connectivity index (χ0v) is 11.0. The minimum atomic E-state index is -0.484. The summed E-state index contributed by atoms with van der Waals surface area (Å²) in [4.78, 5) is 13.9. The Morgan fingerprint density at radius 1 is 1.44 bits per heavy atom. The molecule has 2 rings (SSSR count). The third kappa shape index (κ3) is 2.93. The minimum Gasteiger partial charge on any atom is -0.374 e. The molecule has 0 radical (unpaired) electrons. The first-order valence-corrected chi connectivity index (χ1v) is 6.46. The van der Waals surface area contributed by atoms with Crippen molar-refractivity contribution in [2.45, 2.75) is 25.8 Å². The van der Waals surface area contributed by atoms with E-state index in [1.54, 1.807) is 13.0 Å². The predicted molar refractivity (Wildman–Crippen MR) is 70.3 cm³/mol. The average Bonchev–Trinajstić information content (AvgIpc) is 2.86. The van der Waals surface area contributed by atoms with Crippen LogP contribution in [0.25, 0.3) is 0 Å². The van der Waals surface area contributed by atoms with E-state index in [4.69, 9.17) is 11.6 Å². The van der Waals surface area contributed by atoms with Gasteiger partial charge in [0.15, 0.2) is 0 Å². The van der Waals surface area contributed by atoms with Crippen LogP contribution in [0, 0.1) is 5.82 Å². The van der Waals surface area contributed by atoms with Crippen molar-refractivity contribution in [1.29, 1.82) is 0 Å². The largest absolute Gasteiger partial charge is 0.374 e. The second kappa shape index (κ2) is 5.57. The Labute approximate surface area is 111 Å². The van der Waals surface area contributed by atoms with Crippen molar-refractivity contribution in [2.75, 3.05) is 18.4 Å². The highest BCUT2D eigenvalue weighted by Crippen LogP contribution is 2.20. The molecule has 1 unspecified atom stereocenters. The summed E-state index contributed by atoms with van der Waals surface area (Å²) < 4.78 is 13.3. The van der Waals surface area contributed by atoms with Crippen molar-refractivity contribution in [3.63, 3.8) is 0 Å². The van der Waals surface area contributed by atoms with Gasteiger partial charge in [0.2, 0.25) is 5.91 Å². The van der Waals surface area contributed by atoms with E-state index in [0.717, 1.165) is 25.9 Å². The Bertz CT molecular complexity index is 447. The summed E-state index contributed by atoms with van der Waals surface area (Å²) in [5.41, 5.74) is 0.567. The van der Waals surface area contributed by atoms with E-state index < -0.39 is 5.82 Å². The lowest BCUT2D eigenvalue weighted by atomic mass is 10.2. The SMILES string of the molecule is CC(Nc1ccc(Cl)c(F)c1)C(=O)N1CCCC1. The zero-order valence-electron chi connectivity index (χ0n) is 10.2. The fraction of sp³-hybridized carbons (Fsp3) is 0.462. The molecule has 1 saturated heterocycles. The van der Waals surface area contributed by atoms with E-state index >= 15 is 0 Å². The van der Waals surface area contributed by atoms with Gasteiger partial charge in [-0.1, -0.05) is 11.6 Å². The van der Waals surface area contributed by atoms with Crippen LogP contribution in [0.4, 0.5) is 10.1 Å². The minimum absolute atomic E-state index is 0.0582. The number of amides is 1. The van der Waals surface area contributed by atoms with Crippen molar-refractivity contribution in [3.05, 3.63) is 29.0 Å². The Balaban J connectivity index is 1.99. The lowest BCUT2D eigenvalue weighted by Crippen LogP contribution is -2.39. The molecule has 0 aliphatic carbocycles. The van der Waals surface area contributed by atoms with Crippen molar-refractivity contribution >= 4 is 23.2 Å². The van der Waals surface area contributed by atoms with Gasteiger partial charge in [-0.25, -0.2) is 4.39 Å². The normalized spacial score (nSPS) is 16.7. The van der Waals surface area contributed by atoms with Gasteiger partial charge in [0.1, 0.15) is 11.9 Å². The second-order valence-electron chi connectivity index (χ2n) is 4.53. The number of halogens is 2. The van der Waals surface area contributed by atoms with Gasteiger partial charge in [0.25, 0.3) is 0 Å². The third-order valence-electron chi connectivity index (χ3n) is 3.09. The fourth-order valence-electron chi connectivity index (χ4n) is 2.11. The molecule has 3 nitrogen and oxygen atoms in total. The van der Waals surface area contributed by atoms with Crippen LogP contribution in [0.3, 0.4) is 0 Å². The number of carbonyl (C=O) groups is 1. The molecule has 1 fully saturated rings. The van der Waals surface area contributed by atoms with Crippen LogP contribution in [-0.2, 0) is 4.79 Å². The van der Waals surface area contributed by atoms with Gasteiger partial charge in [0, 0.05) is 18.8 Å². The molecule has 0 bridgehead atoms. The maximum Gasteiger partial charge on any atom is 0.244 e. The molecule has 1 N–H and O–H groups in total. The highest BCUT2D eigenvalue weighted by atomic mass is 35.5. The van der Waals surface area contributed by atoms with Crippen LogP contribution in [0.1, 0.15) is 19.8 Å². The van der Waals surface area contributed by atoms with Crippen LogP contribution < -0.4 is 5.32 Å². The smallest absolute Gasteiger partial charge is 0.244 e. The van der Waals surface area contributed by atoms with Crippen molar-refractivity contribution in [1.82, 2.24) is 4.90 Å². The second-order valence-corrected chi connectivity index (χ2v) is 4.93. The summed E-state index contributed by atoms with van der Waals surface area (Å²) in [7, 11) is 0. The molecule has 1 aromatic carbocycles. The van der Waals surface area contributed by atoms with Crippen molar-refractivity contribution in [3.8, 4) is 0 Å². The van der Waals surface area contributed by atoms with Gasteiger partial charge >= 0.3 is 0 Å². The maximum absolute atomic E-state index is 13.3. The van der Waals surface area contributed by atoms with E-state index in [9.17, 15) is 9.18 Å². The van der Waals surface area contributed by atoms with E-state index in [0.29, 0.717) is 5.69 Å². The summed E-state index contributed by atoms with van der Waals surface area (Å²) in [6.07, 6.45) is 2.13. The molecular formula is C13H16ClFN2O. The molecule has 1 amide bonds. The lowest BCUT2D eigenvalue weighted by Gasteiger charge is -2.21. The van der Waals surface area contributed by atoms with Crippen LogP contribution in [0.15, 0.2) is 18.2 Å². The molecule has 1 aromatic rings. The summed E-state index contributed by atoms with van der Waals surface area (Å²) in [5, 5.41) is 3.08.